The van der Waals surface area contributed by atoms with E-state index in [1.54, 1.807) is 31.4 Å². The molecule has 0 aliphatic heterocycles. The number of rotatable bonds is 5. The average molecular weight is 259 g/mol. The van der Waals surface area contributed by atoms with Gasteiger partial charge in [-0.3, -0.25) is 0 Å². The number of hydrogen-bond donors (Lipinski definition) is 2. The third kappa shape index (κ3) is 3.39. The summed E-state index contributed by atoms with van der Waals surface area (Å²) in [6.45, 7) is 0.143. The normalized spacial score (nSPS) is 11.9. The third-order valence-corrected chi connectivity index (χ3v) is 2.76. The minimum absolute atomic E-state index is 0.143. The number of nitrogen functional groups attached to an aromatic ring is 1. The van der Waals surface area contributed by atoms with Gasteiger partial charge in [0.2, 0.25) is 0 Å². The Kier molecular flexibility index (Phi) is 4.26. The standard InChI is InChI=1S/C15H17NO3/c1-18-14-7-2-3-8-15(14)19-10-13(17)11-5-4-6-12(16)9-11/h2-9,13,17H,10,16H2,1H3. The fourth-order valence-corrected chi connectivity index (χ4v) is 1.77. The Bertz CT molecular complexity index is 542. The van der Waals surface area contributed by atoms with Crippen molar-refractivity contribution in [1.29, 1.82) is 0 Å². The van der Waals surface area contributed by atoms with E-state index in [2.05, 4.69) is 0 Å². The van der Waals surface area contributed by atoms with Gasteiger partial charge in [-0.2, -0.15) is 0 Å². The molecule has 1 atom stereocenters. The molecule has 19 heavy (non-hydrogen) atoms. The van der Waals surface area contributed by atoms with Gasteiger partial charge >= 0.3 is 0 Å². The van der Waals surface area contributed by atoms with Crippen molar-refractivity contribution in [1.82, 2.24) is 0 Å². The van der Waals surface area contributed by atoms with Crippen LogP contribution in [0.3, 0.4) is 0 Å². The number of anilines is 1. The number of methoxy groups -OCH3 is 1. The number of nitrogens with two attached hydrogens (primary N) is 1. The monoisotopic (exact) mass is 259 g/mol. The molecule has 0 fully saturated rings. The van der Waals surface area contributed by atoms with E-state index in [0.29, 0.717) is 17.2 Å². The van der Waals surface area contributed by atoms with E-state index in [9.17, 15) is 5.11 Å². The van der Waals surface area contributed by atoms with Gasteiger partial charge < -0.3 is 20.3 Å². The lowest BCUT2D eigenvalue weighted by molar-refractivity contribution is 0.106. The summed E-state index contributed by atoms with van der Waals surface area (Å²) in [7, 11) is 1.58. The highest BCUT2D eigenvalue weighted by Gasteiger charge is 2.10. The Labute approximate surface area is 112 Å². The molecule has 2 aromatic carbocycles. The lowest BCUT2D eigenvalue weighted by Gasteiger charge is -2.14. The molecule has 100 valence electrons. The van der Waals surface area contributed by atoms with Gasteiger partial charge in [-0.05, 0) is 29.8 Å². The summed E-state index contributed by atoms with van der Waals surface area (Å²) in [6, 6.07) is 14.4. The molecule has 0 bridgehead atoms. The second-order valence-corrected chi connectivity index (χ2v) is 4.15. The second-order valence-electron chi connectivity index (χ2n) is 4.15. The molecule has 0 aliphatic carbocycles. The maximum absolute atomic E-state index is 10.0. The van der Waals surface area contributed by atoms with E-state index in [1.807, 2.05) is 24.3 Å². The minimum atomic E-state index is -0.728. The van der Waals surface area contributed by atoms with Crippen molar-refractivity contribution in [3.05, 3.63) is 54.1 Å². The van der Waals surface area contributed by atoms with Crippen molar-refractivity contribution >= 4 is 5.69 Å². The average Bonchev–Trinajstić information content (AvgIpc) is 2.45. The predicted molar refractivity (Wildman–Crippen MR) is 74.3 cm³/mol. The van der Waals surface area contributed by atoms with Crippen LogP contribution in [0.4, 0.5) is 5.69 Å². The first-order chi connectivity index (χ1) is 9.20. The molecule has 2 aromatic rings. The summed E-state index contributed by atoms with van der Waals surface area (Å²) in [5, 5.41) is 10.0. The number of aliphatic hydroxyl groups excluding tert-OH is 1. The summed E-state index contributed by atoms with van der Waals surface area (Å²) < 4.78 is 10.7. The Morgan fingerprint density at radius 3 is 2.53 bits per heavy atom. The Hall–Kier alpha value is -2.20. The maximum atomic E-state index is 10.0. The van der Waals surface area contributed by atoms with Crippen molar-refractivity contribution in [3.8, 4) is 11.5 Å². The molecule has 0 radical (unpaired) electrons. The molecule has 0 aliphatic rings. The zero-order valence-corrected chi connectivity index (χ0v) is 10.7. The first-order valence-electron chi connectivity index (χ1n) is 6.00. The summed E-state index contributed by atoms with van der Waals surface area (Å²) in [6.07, 6.45) is -0.728. The molecule has 0 spiro atoms. The molecule has 0 saturated carbocycles. The minimum Gasteiger partial charge on any atom is -0.493 e. The van der Waals surface area contributed by atoms with Gasteiger partial charge in [-0.1, -0.05) is 24.3 Å². The van der Waals surface area contributed by atoms with Gasteiger partial charge in [-0.25, -0.2) is 0 Å². The van der Waals surface area contributed by atoms with Gasteiger partial charge in [0.05, 0.1) is 7.11 Å². The Morgan fingerprint density at radius 2 is 1.84 bits per heavy atom. The highest BCUT2D eigenvalue weighted by Crippen LogP contribution is 2.27. The summed E-state index contributed by atoms with van der Waals surface area (Å²) in [4.78, 5) is 0. The van der Waals surface area contributed by atoms with Gasteiger partial charge in [-0.15, -0.1) is 0 Å². The molecule has 4 nitrogen and oxygen atoms in total. The molecule has 1 unspecified atom stereocenters. The predicted octanol–water partition coefficient (Wildman–Crippen LogP) is 2.39. The number of aliphatic hydroxyl groups is 1. The van der Waals surface area contributed by atoms with Gasteiger partial charge in [0.25, 0.3) is 0 Å². The molecule has 0 saturated heterocycles. The van der Waals surface area contributed by atoms with Crippen molar-refractivity contribution in [3.63, 3.8) is 0 Å². The second kappa shape index (κ2) is 6.11. The molecule has 0 amide bonds. The Balaban J connectivity index is 2.02. The maximum Gasteiger partial charge on any atom is 0.161 e. The first kappa shape index (κ1) is 13.2. The van der Waals surface area contributed by atoms with Crippen molar-refractivity contribution in [2.24, 2.45) is 0 Å². The van der Waals surface area contributed by atoms with E-state index < -0.39 is 6.10 Å². The first-order valence-corrected chi connectivity index (χ1v) is 6.00. The van der Waals surface area contributed by atoms with E-state index in [1.165, 1.54) is 0 Å². The quantitative estimate of drug-likeness (QED) is 0.809. The highest BCUT2D eigenvalue weighted by atomic mass is 16.5. The van der Waals surface area contributed by atoms with Crippen LogP contribution in [0.15, 0.2) is 48.5 Å². The van der Waals surface area contributed by atoms with Crippen molar-refractivity contribution in [2.45, 2.75) is 6.10 Å². The van der Waals surface area contributed by atoms with E-state index in [0.717, 1.165) is 5.56 Å². The SMILES string of the molecule is COc1ccccc1OCC(O)c1cccc(N)c1. The zero-order valence-electron chi connectivity index (χ0n) is 10.7. The Morgan fingerprint density at radius 1 is 1.11 bits per heavy atom. The number of ether oxygens (including phenoxy) is 2. The van der Waals surface area contributed by atoms with Gasteiger partial charge in [0.1, 0.15) is 12.7 Å². The molecule has 4 heteroatoms. The summed E-state index contributed by atoms with van der Waals surface area (Å²) in [5.74, 6) is 1.25. The van der Waals surface area contributed by atoms with E-state index >= 15 is 0 Å². The van der Waals surface area contributed by atoms with Crippen LogP contribution in [0, 0.1) is 0 Å². The van der Waals surface area contributed by atoms with Crippen LogP contribution in [0.2, 0.25) is 0 Å². The molecular formula is C15H17NO3. The fourth-order valence-electron chi connectivity index (χ4n) is 1.77. The number of benzene rings is 2. The lowest BCUT2D eigenvalue weighted by Crippen LogP contribution is -2.10. The van der Waals surface area contributed by atoms with E-state index in [-0.39, 0.29) is 6.61 Å². The lowest BCUT2D eigenvalue weighted by atomic mass is 10.1. The fraction of sp³-hybridized carbons (Fsp3) is 0.200. The van der Waals surface area contributed by atoms with Crippen LogP contribution < -0.4 is 15.2 Å². The van der Waals surface area contributed by atoms with Crippen LogP contribution in [0.25, 0.3) is 0 Å². The molecule has 3 N–H and O–H groups in total. The van der Waals surface area contributed by atoms with Gasteiger partial charge in [0, 0.05) is 5.69 Å². The van der Waals surface area contributed by atoms with Crippen molar-refractivity contribution < 1.29 is 14.6 Å². The highest BCUT2D eigenvalue weighted by molar-refractivity contribution is 5.42. The van der Waals surface area contributed by atoms with Crippen LogP contribution in [0.1, 0.15) is 11.7 Å². The van der Waals surface area contributed by atoms with Crippen LogP contribution in [-0.4, -0.2) is 18.8 Å². The summed E-state index contributed by atoms with van der Waals surface area (Å²) >= 11 is 0. The number of para-hydroxylation sites is 2. The summed E-state index contributed by atoms with van der Waals surface area (Å²) in [5.41, 5.74) is 7.03. The zero-order chi connectivity index (χ0) is 13.7. The molecule has 0 aromatic heterocycles. The van der Waals surface area contributed by atoms with Crippen molar-refractivity contribution in [2.75, 3.05) is 19.5 Å². The van der Waals surface area contributed by atoms with E-state index in [4.69, 9.17) is 15.2 Å². The smallest absolute Gasteiger partial charge is 0.161 e. The molecule has 0 heterocycles. The molecular weight excluding hydrogens is 242 g/mol. The van der Waals surface area contributed by atoms with Gasteiger partial charge in [0.15, 0.2) is 11.5 Å². The molecule has 2 rings (SSSR count). The van der Waals surface area contributed by atoms with Crippen LogP contribution >= 0.6 is 0 Å². The number of hydrogen-bond acceptors (Lipinski definition) is 4. The third-order valence-electron chi connectivity index (χ3n) is 2.76. The van der Waals surface area contributed by atoms with Crippen LogP contribution in [0.5, 0.6) is 11.5 Å². The van der Waals surface area contributed by atoms with Crippen LogP contribution in [-0.2, 0) is 0 Å². The topological polar surface area (TPSA) is 64.7 Å². The largest absolute Gasteiger partial charge is 0.493 e.